The van der Waals surface area contributed by atoms with Gasteiger partial charge in [0.1, 0.15) is 5.70 Å². The third-order valence-electron chi connectivity index (χ3n) is 2.72. The summed E-state index contributed by atoms with van der Waals surface area (Å²) in [6.45, 7) is 0. The summed E-state index contributed by atoms with van der Waals surface area (Å²) >= 11 is 5.98. The van der Waals surface area contributed by atoms with Gasteiger partial charge in [-0.15, -0.1) is 0 Å². The van der Waals surface area contributed by atoms with E-state index in [0.717, 1.165) is 0 Å². The van der Waals surface area contributed by atoms with E-state index in [1.54, 1.807) is 54.6 Å². The maximum atomic E-state index is 12.0. The smallest absolute Gasteiger partial charge is 0.352 e. The van der Waals surface area contributed by atoms with E-state index in [1.165, 1.54) is 6.08 Å². The van der Waals surface area contributed by atoms with Crippen LogP contribution in [0.3, 0.4) is 0 Å². The molecule has 2 aromatic rings. The molecule has 0 aliphatic heterocycles. The predicted molar refractivity (Wildman–Crippen MR) is 81.0 cm³/mol. The number of amides is 1. The number of carboxylic acid groups (broad SMARTS) is 1. The number of benzene rings is 2. The number of carbonyl (C=O) groups is 2. The molecule has 2 N–H and O–H groups in total. The Labute approximate surface area is 126 Å². The predicted octanol–water partition coefficient (Wildman–Crippen LogP) is 3.20. The second kappa shape index (κ2) is 6.72. The zero-order valence-corrected chi connectivity index (χ0v) is 11.7. The first-order chi connectivity index (χ1) is 10.1. The first kappa shape index (κ1) is 14.8. The number of halogens is 1. The van der Waals surface area contributed by atoms with Crippen molar-refractivity contribution in [1.29, 1.82) is 0 Å². The van der Waals surface area contributed by atoms with Crippen molar-refractivity contribution >= 4 is 29.6 Å². The molecule has 21 heavy (non-hydrogen) atoms. The van der Waals surface area contributed by atoms with Gasteiger partial charge in [-0.05, 0) is 29.8 Å². The van der Waals surface area contributed by atoms with Crippen molar-refractivity contribution in [2.75, 3.05) is 0 Å². The molecule has 2 aromatic carbocycles. The minimum absolute atomic E-state index is 0.239. The lowest BCUT2D eigenvalue weighted by atomic mass is 10.1. The minimum atomic E-state index is -1.24. The second-order valence-electron chi connectivity index (χ2n) is 4.20. The molecule has 0 fully saturated rings. The highest BCUT2D eigenvalue weighted by Crippen LogP contribution is 2.17. The van der Waals surface area contributed by atoms with Gasteiger partial charge in [0.05, 0.1) is 0 Å². The maximum absolute atomic E-state index is 12.0. The molecule has 2 rings (SSSR count). The van der Waals surface area contributed by atoms with E-state index in [1.807, 2.05) is 0 Å². The van der Waals surface area contributed by atoms with Gasteiger partial charge in [0.2, 0.25) is 0 Å². The monoisotopic (exact) mass is 301 g/mol. The van der Waals surface area contributed by atoms with Gasteiger partial charge in [0.15, 0.2) is 0 Å². The number of nitrogens with one attached hydrogen (secondary N) is 1. The number of hydrogen-bond acceptors (Lipinski definition) is 2. The van der Waals surface area contributed by atoms with E-state index in [0.29, 0.717) is 16.1 Å². The quantitative estimate of drug-likeness (QED) is 0.852. The molecule has 0 unspecified atom stereocenters. The number of rotatable bonds is 4. The lowest BCUT2D eigenvalue weighted by molar-refractivity contribution is -0.132. The van der Waals surface area contributed by atoms with Crippen molar-refractivity contribution in [2.45, 2.75) is 0 Å². The van der Waals surface area contributed by atoms with Gasteiger partial charge in [-0.1, -0.05) is 48.0 Å². The summed E-state index contributed by atoms with van der Waals surface area (Å²) in [5, 5.41) is 12.0. The van der Waals surface area contributed by atoms with E-state index in [4.69, 9.17) is 11.6 Å². The van der Waals surface area contributed by atoms with Crippen LogP contribution in [0.25, 0.3) is 6.08 Å². The van der Waals surface area contributed by atoms with E-state index in [9.17, 15) is 14.7 Å². The molecule has 0 aromatic heterocycles. The molecular weight excluding hydrogens is 290 g/mol. The van der Waals surface area contributed by atoms with Gasteiger partial charge in [-0.25, -0.2) is 4.79 Å². The third kappa shape index (κ3) is 3.94. The summed E-state index contributed by atoms with van der Waals surface area (Å²) in [5.74, 6) is -1.73. The molecular formula is C16H12ClNO3. The number of aliphatic carboxylic acids is 1. The van der Waals surface area contributed by atoms with Crippen LogP contribution >= 0.6 is 11.6 Å². The Hall–Kier alpha value is -2.59. The standard InChI is InChI=1S/C16H12ClNO3/c17-13-9-5-4-8-12(13)10-14(16(20)21)18-15(19)11-6-2-1-3-7-11/h1-10H,(H,18,19)(H,20,21)/b14-10+. The van der Waals surface area contributed by atoms with Crippen LogP contribution in [0.2, 0.25) is 5.02 Å². The lowest BCUT2D eigenvalue weighted by Crippen LogP contribution is -2.27. The highest BCUT2D eigenvalue weighted by Gasteiger charge is 2.13. The maximum Gasteiger partial charge on any atom is 0.352 e. The fourth-order valence-corrected chi connectivity index (χ4v) is 1.87. The van der Waals surface area contributed by atoms with Gasteiger partial charge >= 0.3 is 5.97 Å². The Balaban J connectivity index is 2.27. The van der Waals surface area contributed by atoms with Gasteiger partial charge in [-0.2, -0.15) is 0 Å². The van der Waals surface area contributed by atoms with Crippen LogP contribution in [0.5, 0.6) is 0 Å². The first-order valence-electron chi connectivity index (χ1n) is 6.14. The summed E-state index contributed by atoms with van der Waals surface area (Å²) in [6.07, 6.45) is 1.32. The molecule has 0 saturated carbocycles. The summed E-state index contributed by atoms with van der Waals surface area (Å²) < 4.78 is 0. The van der Waals surface area contributed by atoms with Crippen LogP contribution in [0.4, 0.5) is 0 Å². The topological polar surface area (TPSA) is 66.4 Å². The normalized spacial score (nSPS) is 11.0. The number of carbonyl (C=O) groups excluding carboxylic acids is 1. The van der Waals surface area contributed by atoms with Crippen molar-refractivity contribution in [3.05, 3.63) is 76.4 Å². The lowest BCUT2D eigenvalue weighted by Gasteiger charge is -2.07. The summed E-state index contributed by atoms with van der Waals surface area (Å²) in [5.41, 5.74) is 0.658. The Kier molecular flexibility index (Phi) is 4.74. The average molecular weight is 302 g/mol. The Morgan fingerprint density at radius 1 is 1.00 bits per heavy atom. The summed E-state index contributed by atoms with van der Waals surface area (Å²) in [7, 11) is 0. The van der Waals surface area contributed by atoms with Crippen LogP contribution < -0.4 is 5.32 Å². The average Bonchev–Trinajstić information content (AvgIpc) is 2.49. The third-order valence-corrected chi connectivity index (χ3v) is 3.06. The van der Waals surface area contributed by atoms with Gasteiger partial charge in [-0.3, -0.25) is 4.79 Å². The number of carboxylic acids is 1. The Morgan fingerprint density at radius 2 is 1.62 bits per heavy atom. The molecule has 0 aliphatic carbocycles. The fraction of sp³-hybridized carbons (Fsp3) is 0. The largest absolute Gasteiger partial charge is 0.477 e. The van der Waals surface area contributed by atoms with Crippen molar-refractivity contribution in [2.24, 2.45) is 0 Å². The molecule has 0 atom stereocenters. The molecule has 5 heteroatoms. The van der Waals surface area contributed by atoms with Crippen LogP contribution in [0.1, 0.15) is 15.9 Å². The first-order valence-corrected chi connectivity index (χ1v) is 6.51. The van der Waals surface area contributed by atoms with E-state index >= 15 is 0 Å². The zero-order chi connectivity index (χ0) is 15.2. The Bertz CT molecular complexity index is 696. The fourth-order valence-electron chi connectivity index (χ4n) is 1.68. The second-order valence-corrected chi connectivity index (χ2v) is 4.61. The highest BCUT2D eigenvalue weighted by molar-refractivity contribution is 6.32. The summed E-state index contributed by atoms with van der Waals surface area (Å²) in [4.78, 5) is 23.2. The molecule has 4 nitrogen and oxygen atoms in total. The Morgan fingerprint density at radius 3 is 2.24 bits per heavy atom. The molecule has 0 saturated heterocycles. The van der Waals surface area contributed by atoms with Crippen molar-refractivity contribution < 1.29 is 14.7 Å². The van der Waals surface area contributed by atoms with Gasteiger partial charge < -0.3 is 10.4 Å². The highest BCUT2D eigenvalue weighted by atomic mass is 35.5. The molecule has 0 heterocycles. The molecule has 0 aliphatic rings. The van der Waals surface area contributed by atoms with Gasteiger partial charge in [0, 0.05) is 10.6 Å². The van der Waals surface area contributed by atoms with E-state index < -0.39 is 11.9 Å². The van der Waals surface area contributed by atoms with Crippen molar-refractivity contribution in [3.8, 4) is 0 Å². The van der Waals surface area contributed by atoms with E-state index in [-0.39, 0.29) is 5.70 Å². The molecule has 0 radical (unpaired) electrons. The molecule has 0 bridgehead atoms. The minimum Gasteiger partial charge on any atom is -0.477 e. The van der Waals surface area contributed by atoms with E-state index in [2.05, 4.69) is 5.32 Å². The number of hydrogen-bond donors (Lipinski definition) is 2. The molecule has 1 amide bonds. The van der Waals surface area contributed by atoms with Crippen LogP contribution in [-0.4, -0.2) is 17.0 Å². The zero-order valence-electron chi connectivity index (χ0n) is 10.9. The SMILES string of the molecule is O=C(O)/C(=C\c1ccccc1Cl)NC(=O)c1ccccc1. The van der Waals surface area contributed by atoms with Gasteiger partial charge in [0.25, 0.3) is 5.91 Å². The summed E-state index contributed by atoms with van der Waals surface area (Å²) in [6, 6.07) is 15.2. The molecule has 106 valence electrons. The van der Waals surface area contributed by atoms with Crippen LogP contribution in [-0.2, 0) is 4.79 Å². The molecule has 0 spiro atoms. The van der Waals surface area contributed by atoms with Crippen molar-refractivity contribution in [1.82, 2.24) is 5.32 Å². The van der Waals surface area contributed by atoms with Crippen molar-refractivity contribution in [3.63, 3.8) is 0 Å². The van der Waals surface area contributed by atoms with Crippen LogP contribution in [0.15, 0.2) is 60.3 Å². The van der Waals surface area contributed by atoms with Crippen LogP contribution in [0, 0.1) is 0 Å².